The van der Waals surface area contributed by atoms with Crippen LogP contribution in [0.4, 0.5) is 0 Å². The second-order valence-corrected chi connectivity index (χ2v) is 4.41. The molecule has 0 saturated heterocycles. The molecule has 0 heterocycles. The van der Waals surface area contributed by atoms with Crippen molar-refractivity contribution in [3.8, 4) is 0 Å². The molecule has 1 heteroatoms. The zero-order valence-corrected chi connectivity index (χ0v) is 11.8. The molecular weight excluding hydrogens is 208 g/mol. The summed E-state index contributed by atoms with van der Waals surface area (Å²) in [6.07, 6.45) is 10.7. The summed E-state index contributed by atoms with van der Waals surface area (Å²) in [6.45, 7) is 12.1. The molecule has 0 fully saturated rings. The smallest absolute Gasteiger partial charge is 0.0606 e. The predicted molar refractivity (Wildman–Crippen MR) is 77.3 cm³/mol. The first-order chi connectivity index (χ1) is 8.23. The molecule has 0 amide bonds. The molecule has 1 unspecified atom stereocenters. The largest absolute Gasteiger partial charge is 0.381 e. The van der Waals surface area contributed by atoms with Gasteiger partial charge in [-0.3, -0.25) is 0 Å². The quantitative estimate of drug-likeness (QED) is 0.482. The van der Waals surface area contributed by atoms with E-state index < -0.39 is 0 Å². The van der Waals surface area contributed by atoms with Crippen molar-refractivity contribution in [2.75, 3.05) is 7.11 Å². The summed E-state index contributed by atoms with van der Waals surface area (Å²) in [6, 6.07) is 0. The van der Waals surface area contributed by atoms with Gasteiger partial charge >= 0.3 is 0 Å². The number of allylic oxidation sites excluding steroid dienone is 3. The van der Waals surface area contributed by atoms with E-state index in [2.05, 4.69) is 27.0 Å². The highest BCUT2D eigenvalue weighted by Gasteiger charge is 2.11. The van der Waals surface area contributed by atoms with Crippen LogP contribution in [-0.4, -0.2) is 13.2 Å². The van der Waals surface area contributed by atoms with E-state index in [9.17, 15) is 0 Å². The van der Waals surface area contributed by atoms with E-state index in [1.807, 2.05) is 12.2 Å². The van der Waals surface area contributed by atoms with Gasteiger partial charge in [0.2, 0.25) is 0 Å². The summed E-state index contributed by atoms with van der Waals surface area (Å²) in [7, 11) is 1.80. The van der Waals surface area contributed by atoms with Crippen LogP contribution >= 0.6 is 0 Å². The minimum absolute atomic E-state index is 0.335. The SMILES string of the molecule is C=CC/C(CCC)=C(/CC=C)CC(CC)OC. The van der Waals surface area contributed by atoms with Crippen LogP contribution in [0.2, 0.25) is 0 Å². The van der Waals surface area contributed by atoms with Crippen LogP contribution in [0.25, 0.3) is 0 Å². The number of hydrogen-bond acceptors (Lipinski definition) is 1. The van der Waals surface area contributed by atoms with Gasteiger partial charge in [-0.25, -0.2) is 0 Å². The average Bonchev–Trinajstić information content (AvgIpc) is 2.34. The maximum Gasteiger partial charge on any atom is 0.0606 e. The van der Waals surface area contributed by atoms with E-state index >= 15 is 0 Å². The molecule has 0 aliphatic carbocycles. The Kier molecular flexibility index (Phi) is 9.84. The van der Waals surface area contributed by atoms with Crippen LogP contribution in [-0.2, 0) is 4.74 Å². The van der Waals surface area contributed by atoms with Gasteiger partial charge in [-0.15, -0.1) is 13.2 Å². The monoisotopic (exact) mass is 236 g/mol. The van der Waals surface area contributed by atoms with Crippen molar-refractivity contribution in [1.82, 2.24) is 0 Å². The van der Waals surface area contributed by atoms with Crippen molar-refractivity contribution in [2.45, 2.75) is 58.5 Å². The van der Waals surface area contributed by atoms with Crippen molar-refractivity contribution >= 4 is 0 Å². The summed E-state index contributed by atoms with van der Waals surface area (Å²) in [4.78, 5) is 0. The molecule has 0 aliphatic rings. The summed E-state index contributed by atoms with van der Waals surface area (Å²) in [5.41, 5.74) is 3.02. The third kappa shape index (κ3) is 6.48. The molecule has 0 aromatic carbocycles. The van der Waals surface area contributed by atoms with Gasteiger partial charge in [-0.1, -0.05) is 43.6 Å². The minimum Gasteiger partial charge on any atom is -0.381 e. The summed E-state index contributed by atoms with van der Waals surface area (Å²) in [5.74, 6) is 0. The van der Waals surface area contributed by atoms with Crippen molar-refractivity contribution in [2.24, 2.45) is 0 Å². The highest BCUT2D eigenvalue weighted by molar-refractivity contribution is 5.20. The fourth-order valence-electron chi connectivity index (χ4n) is 2.11. The Morgan fingerprint density at radius 3 is 2.12 bits per heavy atom. The highest BCUT2D eigenvalue weighted by atomic mass is 16.5. The molecule has 0 aliphatic heterocycles. The van der Waals surface area contributed by atoms with Gasteiger partial charge in [0.15, 0.2) is 0 Å². The lowest BCUT2D eigenvalue weighted by Crippen LogP contribution is -2.11. The first-order valence-electron chi connectivity index (χ1n) is 6.67. The molecule has 1 atom stereocenters. The number of hydrogen-bond donors (Lipinski definition) is 0. The molecular formula is C16H28O. The lowest BCUT2D eigenvalue weighted by Gasteiger charge is -2.18. The normalized spacial score (nSPS) is 14.1. The van der Waals surface area contributed by atoms with E-state index in [1.54, 1.807) is 7.11 Å². The number of methoxy groups -OCH3 is 1. The van der Waals surface area contributed by atoms with Gasteiger partial charge in [0.25, 0.3) is 0 Å². The molecule has 0 rings (SSSR count). The third-order valence-corrected chi connectivity index (χ3v) is 3.10. The summed E-state index contributed by atoms with van der Waals surface area (Å²) in [5, 5.41) is 0. The molecule has 0 aromatic heterocycles. The topological polar surface area (TPSA) is 9.23 Å². The number of rotatable bonds is 10. The Balaban J connectivity index is 4.88. The molecule has 0 bridgehead atoms. The molecule has 0 N–H and O–H groups in total. The standard InChI is InChI=1S/C16H28O/c1-6-10-14(11-7-2)15(12-8-3)13-16(9-4)17-5/h6,8,16H,1,3,7,9-13H2,2,4-5H3/b15-14+. The van der Waals surface area contributed by atoms with Crippen LogP contribution in [0, 0.1) is 0 Å². The highest BCUT2D eigenvalue weighted by Crippen LogP contribution is 2.24. The fraction of sp³-hybridized carbons (Fsp3) is 0.625. The zero-order valence-electron chi connectivity index (χ0n) is 11.8. The van der Waals surface area contributed by atoms with Gasteiger partial charge in [0.05, 0.1) is 6.10 Å². The third-order valence-electron chi connectivity index (χ3n) is 3.10. The molecule has 0 aromatic rings. The van der Waals surface area contributed by atoms with Gasteiger partial charge in [-0.05, 0) is 32.1 Å². The van der Waals surface area contributed by atoms with Gasteiger partial charge in [0, 0.05) is 7.11 Å². The maximum absolute atomic E-state index is 5.49. The van der Waals surface area contributed by atoms with Crippen LogP contribution < -0.4 is 0 Å². The Labute approximate surface area is 107 Å². The van der Waals surface area contributed by atoms with E-state index in [0.717, 1.165) is 32.1 Å². The second kappa shape index (κ2) is 10.3. The van der Waals surface area contributed by atoms with Crippen molar-refractivity contribution in [3.05, 3.63) is 36.5 Å². The van der Waals surface area contributed by atoms with E-state index in [0.29, 0.717) is 6.10 Å². The molecule has 1 nitrogen and oxygen atoms in total. The van der Waals surface area contributed by atoms with E-state index in [-0.39, 0.29) is 0 Å². The Morgan fingerprint density at radius 1 is 1.12 bits per heavy atom. The van der Waals surface area contributed by atoms with Gasteiger partial charge in [0.1, 0.15) is 0 Å². The van der Waals surface area contributed by atoms with Crippen LogP contribution in [0.15, 0.2) is 36.5 Å². The Hall–Kier alpha value is -0.820. The lowest BCUT2D eigenvalue weighted by atomic mass is 9.93. The predicted octanol–water partition coefficient (Wildman–Crippen LogP) is 5.05. The van der Waals surface area contributed by atoms with Crippen molar-refractivity contribution < 1.29 is 4.74 Å². The molecule has 0 spiro atoms. The molecule has 17 heavy (non-hydrogen) atoms. The summed E-state index contributed by atoms with van der Waals surface area (Å²) >= 11 is 0. The lowest BCUT2D eigenvalue weighted by molar-refractivity contribution is 0.0991. The minimum atomic E-state index is 0.335. The van der Waals surface area contributed by atoms with Crippen LogP contribution in [0.1, 0.15) is 52.4 Å². The van der Waals surface area contributed by atoms with Crippen LogP contribution in [0.5, 0.6) is 0 Å². The first-order valence-corrected chi connectivity index (χ1v) is 6.67. The van der Waals surface area contributed by atoms with E-state index in [4.69, 9.17) is 4.74 Å². The molecule has 0 radical (unpaired) electrons. The van der Waals surface area contributed by atoms with E-state index in [1.165, 1.54) is 17.6 Å². The zero-order chi connectivity index (χ0) is 13.1. The van der Waals surface area contributed by atoms with Gasteiger partial charge < -0.3 is 4.74 Å². The first kappa shape index (κ1) is 16.2. The molecule has 98 valence electrons. The second-order valence-electron chi connectivity index (χ2n) is 4.41. The number of ether oxygens (including phenoxy) is 1. The summed E-state index contributed by atoms with van der Waals surface area (Å²) < 4.78 is 5.49. The Bertz CT molecular complexity index is 246. The van der Waals surface area contributed by atoms with Gasteiger partial charge in [-0.2, -0.15) is 0 Å². The van der Waals surface area contributed by atoms with Crippen molar-refractivity contribution in [1.29, 1.82) is 0 Å². The van der Waals surface area contributed by atoms with Crippen molar-refractivity contribution in [3.63, 3.8) is 0 Å². The van der Waals surface area contributed by atoms with Crippen LogP contribution in [0.3, 0.4) is 0 Å². The fourth-order valence-corrected chi connectivity index (χ4v) is 2.11. The Morgan fingerprint density at radius 2 is 1.71 bits per heavy atom. The maximum atomic E-state index is 5.49. The average molecular weight is 236 g/mol. The molecule has 0 saturated carbocycles.